The van der Waals surface area contributed by atoms with Crippen molar-refractivity contribution in [2.45, 2.75) is 13.8 Å². The number of nitrogens with zero attached hydrogens (tertiary/aromatic N) is 1. The summed E-state index contributed by atoms with van der Waals surface area (Å²) >= 11 is 0. The fourth-order valence-corrected chi connectivity index (χ4v) is 2.65. The lowest BCUT2D eigenvalue weighted by Crippen LogP contribution is -2.23. The maximum atomic E-state index is 13.4. The summed E-state index contributed by atoms with van der Waals surface area (Å²) in [6, 6.07) is 12.2. The summed E-state index contributed by atoms with van der Waals surface area (Å²) in [4.78, 5) is 17.0. The van der Waals surface area contributed by atoms with Gasteiger partial charge in [0.2, 0.25) is 0 Å². The van der Waals surface area contributed by atoms with Crippen LogP contribution in [0.2, 0.25) is 0 Å². The minimum atomic E-state index is -0.337. The minimum Gasteiger partial charge on any atom is -0.274 e. The average molecular weight is 371 g/mol. The molecule has 0 radical (unpaired) electrons. The van der Waals surface area contributed by atoms with Crippen LogP contribution in [0, 0.1) is 17.6 Å². The lowest BCUT2D eigenvalue weighted by molar-refractivity contribution is -0.162. The van der Waals surface area contributed by atoms with E-state index in [4.69, 9.17) is 4.84 Å². The number of amides is 1. The molecule has 0 bridgehead atoms. The molecule has 0 heterocycles. The first-order chi connectivity index (χ1) is 12.8. The van der Waals surface area contributed by atoms with Gasteiger partial charge in [-0.15, -0.1) is 0 Å². The maximum Gasteiger partial charge on any atom is 0.269 e. The molecule has 0 atom stereocenters. The van der Waals surface area contributed by atoms with Crippen molar-refractivity contribution in [3.8, 4) is 0 Å². The Kier molecular flexibility index (Phi) is 7.02. The Bertz CT molecular complexity index is 790. The molecule has 0 saturated carbocycles. The zero-order chi connectivity index (χ0) is 20.0. The Morgan fingerprint density at radius 2 is 1.37 bits per heavy atom. The van der Waals surface area contributed by atoms with Gasteiger partial charge >= 0.3 is 0 Å². The van der Waals surface area contributed by atoms with Gasteiger partial charge in [-0.1, -0.05) is 44.2 Å². The molecular weight excluding hydrogens is 348 g/mol. The molecule has 142 valence electrons. The van der Waals surface area contributed by atoms with Crippen molar-refractivity contribution >= 4 is 11.5 Å². The number of hydrogen-bond acceptors (Lipinski definition) is 2. The van der Waals surface area contributed by atoms with E-state index in [0.29, 0.717) is 0 Å². The number of likely N-dealkylation sites (N-methyl/N-ethyl adjacent to an activating group) is 1. The third-order valence-electron chi connectivity index (χ3n) is 4.17. The van der Waals surface area contributed by atoms with E-state index in [1.54, 1.807) is 30.3 Å². The van der Waals surface area contributed by atoms with Gasteiger partial charge < -0.3 is 0 Å². The Labute approximate surface area is 158 Å². The molecule has 5 heteroatoms. The van der Waals surface area contributed by atoms with Crippen LogP contribution in [0.25, 0.3) is 5.57 Å². The molecule has 0 saturated heterocycles. The molecule has 0 aromatic heterocycles. The predicted octanol–water partition coefficient (Wildman–Crippen LogP) is 5.00. The fraction of sp³-hybridized carbons (Fsp3) is 0.227. The first kappa shape index (κ1) is 20.5. The summed E-state index contributed by atoms with van der Waals surface area (Å²) < 4.78 is 26.8. The van der Waals surface area contributed by atoms with Gasteiger partial charge in [0.05, 0.1) is 7.11 Å². The Balaban J connectivity index is 2.64. The second kappa shape index (κ2) is 9.24. The van der Waals surface area contributed by atoms with Crippen molar-refractivity contribution in [2.75, 3.05) is 14.2 Å². The van der Waals surface area contributed by atoms with Crippen LogP contribution in [-0.4, -0.2) is 25.1 Å². The van der Waals surface area contributed by atoms with Gasteiger partial charge in [0, 0.05) is 13.1 Å². The predicted molar refractivity (Wildman–Crippen MR) is 103 cm³/mol. The smallest absolute Gasteiger partial charge is 0.269 e. The molecule has 0 fully saturated rings. The number of benzene rings is 2. The number of hydrogen-bond donors (Lipinski definition) is 0. The van der Waals surface area contributed by atoms with Gasteiger partial charge in [0.1, 0.15) is 11.6 Å². The van der Waals surface area contributed by atoms with Crippen LogP contribution in [0.1, 0.15) is 25.0 Å². The normalized spacial score (nSPS) is 11.1. The van der Waals surface area contributed by atoms with E-state index < -0.39 is 0 Å². The van der Waals surface area contributed by atoms with Gasteiger partial charge in [-0.2, -0.15) is 0 Å². The molecule has 1 amide bonds. The third kappa shape index (κ3) is 5.34. The van der Waals surface area contributed by atoms with Crippen LogP contribution in [0.15, 0.2) is 66.3 Å². The molecule has 0 aliphatic rings. The molecular formula is C22H23F2NO2. The number of halogens is 2. The van der Waals surface area contributed by atoms with Crippen molar-refractivity contribution in [2.24, 2.45) is 5.92 Å². The van der Waals surface area contributed by atoms with Crippen molar-refractivity contribution in [3.05, 3.63) is 89.0 Å². The molecule has 2 aromatic rings. The second-order valence-electron chi connectivity index (χ2n) is 6.35. The molecule has 3 nitrogen and oxygen atoms in total. The van der Waals surface area contributed by atoms with E-state index in [-0.39, 0.29) is 23.5 Å². The minimum absolute atomic E-state index is 0.0620. The summed E-state index contributed by atoms with van der Waals surface area (Å²) in [7, 11) is 2.93. The molecule has 0 aliphatic carbocycles. The third-order valence-corrected chi connectivity index (χ3v) is 4.17. The highest BCUT2D eigenvalue weighted by Crippen LogP contribution is 2.31. The summed E-state index contributed by atoms with van der Waals surface area (Å²) in [5.41, 5.74) is 3.24. The van der Waals surface area contributed by atoms with E-state index in [2.05, 4.69) is 0 Å². The molecule has 0 unspecified atom stereocenters. The lowest BCUT2D eigenvalue weighted by Gasteiger charge is -2.18. The number of rotatable bonds is 6. The number of carbonyl (C=O) groups excluding carboxylic acids is 1. The largest absolute Gasteiger partial charge is 0.274 e. The highest BCUT2D eigenvalue weighted by molar-refractivity contribution is 5.89. The Hall–Kier alpha value is -2.79. The van der Waals surface area contributed by atoms with Gasteiger partial charge in [0.15, 0.2) is 0 Å². The summed E-state index contributed by atoms with van der Waals surface area (Å²) in [5.74, 6) is -0.924. The standard InChI is InChI=1S/C22H23F2NO2/c1-15(2)20(13-14-21(26)25(3)27-4)22(16-5-9-18(23)10-6-16)17-7-11-19(24)12-8-17/h5-15H,1-4H3. The van der Waals surface area contributed by atoms with Gasteiger partial charge in [0.25, 0.3) is 5.91 Å². The number of allylic oxidation sites excluding steroid dienone is 2. The quantitative estimate of drug-likeness (QED) is 0.406. The fourth-order valence-electron chi connectivity index (χ4n) is 2.65. The zero-order valence-corrected chi connectivity index (χ0v) is 15.9. The molecule has 0 aliphatic heterocycles. The summed E-state index contributed by atoms with van der Waals surface area (Å²) in [5, 5.41) is 1.11. The van der Waals surface area contributed by atoms with E-state index in [1.807, 2.05) is 13.8 Å². The summed E-state index contributed by atoms with van der Waals surface area (Å²) in [6.07, 6.45) is 3.15. The maximum absolute atomic E-state index is 13.4. The van der Waals surface area contributed by atoms with Crippen LogP contribution in [0.3, 0.4) is 0 Å². The van der Waals surface area contributed by atoms with Crippen LogP contribution >= 0.6 is 0 Å². The second-order valence-corrected chi connectivity index (χ2v) is 6.35. The van der Waals surface area contributed by atoms with Crippen molar-refractivity contribution in [1.82, 2.24) is 5.06 Å². The molecule has 2 aromatic carbocycles. The Morgan fingerprint density at radius 1 is 0.926 bits per heavy atom. The number of carbonyl (C=O) groups is 1. The zero-order valence-electron chi connectivity index (χ0n) is 15.9. The van der Waals surface area contributed by atoms with Crippen molar-refractivity contribution < 1.29 is 18.4 Å². The van der Waals surface area contributed by atoms with E-state index in [9.17, 15) is 13.6 Å². The molecule has 2 rings (SSSR count). The average Bonchev–Trinajstić information content (AvgIpc) is 2.66. The highest BCUT2D eigenvalue weighted by Gasteiger charge is 2.14. The number of hydroxylamine groups is 2. The van der Waals surface area contributed by atoms with Crippen LogP contribution in [0.4, 0.5) is 8.78 Å². The SMILES string of the molecule is CON(C)C(=O)C=CC(=C(c1ccc(F)cc1)c1ccc(F)cc1)C(C)C. The topological polar surface area (TPSA) is 29.5 Å². The van der Waals surface area contributed by atoms with Gasteiger partial charge in [-0.25, -0.2) is 13.8 Å². The van der Waals surface area contributed by atoms with Crippen LogP contribution in [-0.2, 0) is 9.63 Å². The van der Waals surface area contributed by atoms with Crippen molar-refractivity contribution in [1.29, 1.82) is 0 Å². The highest BCUT2D eigenvalue weighted by atomic mass is 19.1. The first-order valence-corrected chi connectivity index (χ1v) is 8.59. The molecule has 27 heavy (non-hydrogen) atoms. The van der Waals surface area contributed by atoms with Gasteiger partial charge in [-0.05, 0) is 52.5 Å². The van der Waals surface area contributed by atoms with Crippen LogP contribution < -0.4 is 0 Å². The Morgan fingerprint density at radius 3 is 1.74 bits per heavy atom. The van der Waals surface area contributed by atoms with E-state index in [1.165, 1.54) is 44.5 Å². The van der Waals surface area contributed by atoms with Crippen molar-refractivity contribution in [3.63, 3.8) is 0 Å². The lowest BCUT2D eigenvalue weighted by atomic mass is 9.87. The van der Waals surface area contributed by atoms with Gasteiger partial charge in [-0.3, -0.25) is 9.63 Å². The van der Waals surface area contributed by atoms with Crippen LogP contribution in [0.5, 0.6) is 0 Å². The van der Waals surface area contributed by atoms with E-state index >= 15 is 0 Å². The monoisotopic (exact) mass is 371 g/mol. The van der Waals surface area contributed by atoms with E-state index in [0.717, 1.165) is 27.3 Å². The first-order valence-electron chi connectivity index (χ1n) is 8.59. The molecule has 0 spiro atoms. The molecule has 0 N–H and O–H groups in total. The summed E-state index contributed by atoms with van der Waals surface area (Å²) in [6.45, 7) is 3.99.